The summed E-state index contributed by atoms with van der Waals surface area (Å²) in [4.78, 5) is 0. The number of hydrogen-bond acceptors (Lipinski definition) is 0. The van der Waals surface area contributed by atoms with E-state index >= 15 is 0 Å². The standard InChI is InChI=1S/C6H14.2ClH.Zr/c1-3-5-6-4-2;;;/h3-6H2,1-2H3;2*1H;/q;;;+2/p-2. The van der Waals surface area contributed by atoms with Crippen molar-refractivity contribution in [3.05, 3.63) is 0 Å². The second-order valence-electron chi connectivity index (χ2n) is 1.71. The van der Waals surface area contributed by atoms with Gasteiger partial charge in [0.15, 0.2) is 0 Å². The maximum absolute atomic E-state index is 2.23. The Morgan fingerprint density at radius 1 is 0.778 bits per heavy atom. The zero-order valence-corrected chi connectivity index (χ0v) is 10.1. The van der Waals surface area contributed by atoms with E-state index in [0.717, 1.165) is 0 Å². The van der Waals surface area contributed by atoms with Crippen LogP contribution in [0, 0.1) is 0 Å². The van der Waals surface area contributed by atoms with Gasteiger partial charge in [0.2, 0.25) is 0 Å². The topological polar surface area (TPSA) is 0 Å². The quantitative estimate of drug-likeness (QED) is 0.457. The molecule has 0 unspecified atom stereocenters. The number of hydrogen-bond donors (Lipinski definition) is 0. The first-order valence-corrected chi connectivity index (χ1v) is 2.91. The smallest absolute Gasteiger partial charge is 1.00 e. The minimum atomic E-state index is 0. The Morgan fingerprint density at radius 3 is 1.11 bits per heavy atom. The molecular weight excluding hydrogens is 234 g/mol. The molecule has 0 aliphatic carbocycles. The Morgan fingerprint density at radius 2 is 1.00 bits per heavy atom. The third kappa shape index (κ3) is 26.5. The Bertz CT molecular complexity index is 23.0. The Hall–Kier alpha value is 1.46. The molecule has 0 saturated carbocycles. The first kappa shape index (κ1) is 22.4. The second-order valence-corrected chi connectivity index (χ2v) is 1.71. The van der Waals surface area contributed by atoms with Gasteiger partial charge in [-0.05, 0) is 0 Å². The first-order chi connectivity index (χ1) is 2.91. The zero-order valence-electron chi connectivity index (χ0n) is 6.08. The van der Waals surface area contributed by atoms with E-state index in [-0.39, 0.29) is 51.0 Å². The molecular formula is C6H14Cl2Zr. The molecule has 0 fully saturated rings. The molecule has 0 aromatic carbocycles. The predicted octanol–water partition coefficient (Wildman–Crippen LogP) is -3.41. The first-order valence-electron chi connectivity index (χ1n) is 2.91. The molecule has 0 N–H and O–H groups in total. The van der Waals surface area contributed by atoms with Crippen molar-refractivity contribution in [2.24, 2.45) is 0 Å². The van der Waals surface area contributed by atoms with Crippen LogP contribution in [-0.4, -0.2) is 0 Å². The van der Waals surface area contributed by atoms with Crippen molar-refractivity contribution in [1.29, 1.82) is 0 Å². The van der Waals surface area contributed by atoms with Crippen molar-refractivity contribution in [2.75, 3.05) is 0 Å². The van der Waals surface area contributed by atoms with Gasteiger partial charge in [0.05, 0.1) is 0 Å². The van der Waals surface area contributed by atoms with Crippen LogP contribution in [0.2, 0.25) is 0 Å². The van der Waals surface area contributed by atoms with Gasteiger partial charge in [-0.2, -0.15) is 0 Å². The second kappa shape index (κ2) is 22.7. The van der Waals surface area contributed by atoms with Crippen LogP contribution >= 0.6 is 0 Å². The molecule has 0 saturated heterocycles. The van der Waals surface area contributed by atoms with Crippen LogP contribution in [0.3, 0.4) is 0 Å². The fourth-order valence-electron chi connectivity index (χ4n) is 0.500. The van der Waals surface area contributed by atoms with Gasteiger partial charge in [0, 0.05) is 0 Å². The average molecular weight is 248 g/mol. The maximum Gasteiger partial charge on any atom is 2.00 e. The monoisotopic (exact) mass is 246 g/mol. The maximum atomic E-state index is 2.23. The van der Waals surface area contributed by atoms with Crippen molar-refractivity contribution in [1.82, 2.24) is 0 Å². The fourth-order valence-corrected chi connectivity index (χ4v) is 0.500. The summed E-state index contributed by atoms with van der Waals surface area (Å²) >= 11 is 0. The van der Waals surface area contributed by atoms with Crippen molar-refractivity contribution >= 4 is 0 Å². The van der Waals surface area contributed by atoms with E-state index in [1.54, 1.807) is 0 Å². The third-order valence-electron chi connectivity index (χ3n) is 0.957. The van der Waals surface area contributed by atoms with Gasteiger partial charge in [0.1, 0.15) is 0 Å². The number of unbranched alkanes of at least 4 members (excludes halogenated alkanes) is 3. The summed E-state index contributed by atoms with van der Waals surface area (Å²) in [6.45, 7) is 4.46. The minimum absolute atomic E-state index is 0. The molecule has 56 valence electrons. The largest absolute Gasteiger partial charge is 2.00 e. The third-order valence-corrected chi connectivity index (χ3v) is 0.957. The zero-order chi connectivity index (χ0) is 4.83. The normalized spacial score (nSPS) is 6.00. The summed E-state index contributed by atoms with van der Waals surface area (Å²) in [5.74, 6) is 0. The average Bonchev–Trinajstić information content (AvgIpc) is 1.61. The predicted molar refractivity (Wildman–Crippen MR) is 29.8 cm³/mol. The van der Waals surface area contributed by atoms with E-state index in [2.05, 4.69) is 13.8 Å². The van der Waals surface area contributed by atoms with Crippen LogP contribution < -0.4 is 24.8 Å². The molecule has 0 amide bonds. The molecule has 0 heterocycles. The molecule has 0 atom stereocenters. The van der Waals surface area contributed by atoms with E-state index in [0.29, 0.717) is 0 Å². The summed E-state index contributed by atoms with van der Waals surface area (Å²) < 4.78 is 0. The molecule has 3 heteroatoms. The van der Waals surface area contributed by atoms with E-state index in [1.165, 1.54) is 25.7 Å². The molecule has 0 rings (SSSR count). The van der Waals surface area contributed by atoms with E-state index in [9.17, 15) is 0 Å². The van der Waals surface area contributed by atoms with E-state index in [1.807, 2.05) is 0 Å². The van der Waals surface area contributed by atoms with Crippen LogP contribution in [0.4, 0.5) is 0 Å². The molecule has 0 aliphatic heterocycles. The SMILES string of the molecule is CCCCCC.[Cl-].[Cl-].[Zr+2]. The molecule has 0 aliphatic rings. The van der Waals surface area contributed by atoms with Gasteiger partial charge in [-0.25, -0.2) is 0 Å². The molecule has 0 radical (unpaired) electrons. The van der Waals surface area contributed by atoms with E-state index in [4.69, 9.17) is 0 Å². The summed E-state index contributed by atoms with van der Waals surface area (Å²) in [5, 5.41) is 0. The van der Waals surface area contributed by atoms with Crippen LogP contribution in [0.5, 0.6) is 0 Å². The van der Waals surface area contributed by atoms with Crippen molar-refractivity contribution in [3.8, 4) is 0 Å². The summed E-state index contributed by atoms with van der Waals surface area (Å²) in [6.07, 6.45) is 5.54. The van der Waals surface area contributed by atoms with Gasteiger partial charge >= 0.3 is 26.2 Å². The Balaban J connectivity index is -0.0000000417. The molecule has 0 aromatic rings. The van der Waals surface area contributed by atoms with Crippen molar-refractivity contribution < 1.29 is 51.0 Å². The number of rotatable bonds is 3. The van der Waals surface area contributed by atoms with Crippen LogP contribution in [0.25, 0.3) is 0 Å². The van der Waals surface area contributed by atoms with Gasteiger partial charge in [-0.3, -0.25) is 0 Å². The summed E-state index contributed by atoms with van der Waals surface area (Å²) in [7, 11) is 0. The summed E-state index contributed by atoms with van der Waals surface area (Å²) in [5.41, 5.74) is 0. The van der Waals surface area contributed by atoms with Gasteiger partial charge in [-0.1, -0.05) is 39.5 Å². The molecule has 0 nitrogen and oxygen atoms in total. The fraction of sp³-hybridized carbons (Fsp3) is 1.00. The minimum Gasteiger partial charge on any atom is -1.00 e. The van der Waals surface area contributed by atoms with Gasteiger partial charge in [-0.15, -0.1) is 0 Å². The van der Waals surface area contributed by atoms with Gasteiger partial charge in [0.25, 0.3) is 0 Å². The molecule has 0 aromatic heterocycles. The molecule has 9 heavy (non-hydrogen) atoms. The van der Waals surface area contributed by atoms with Crippen LogP contribution in [0.1, 0.15) is 39.5 Å². The van der Waals surface area contributed by atoms with Crippen molar-refractivity contribution in [2.45, 2.75) is 39.5 Å². The molecule has 0 spiro atoms. The van der Waals surface area contributed by atoms with Gasteiger partial charge < -0.3 is 24.8 Å². The summed E-state index contributed by atoms with van der Waals surface area (Å²) in [6, 6.07) is 0. The Kier molecular flexibility index (Phi) is 56.6. The van der Waals surface area contributed by atoms with Crippen molar-refractivity contribution in [3.63, 3.8) is 0 Å². The van der Waals surface area contributed by atoms with Crippen LogP contribution in [0.15, 0.2) is 0 Å². The van der Waals surface area contributed by atoms with Crippen LogP contribution in [-0.2, 0) is 26.2 Å². The number of halogens is 2. The Labute approximate surface area is 90.1 Å². The van der Waals surface area contributed by atoms with E-state index < -0.39 is 0 Å². The molecule has 0 bridgehead atoms.